The number of nitrogens with zero attached hydrogens (tertiary/aromatic N) is 1. The molecule has 3 aromatic rings. The van der Waals surface area contributed by atoms with E-state index in [0.29, 0.717) is 5.69 Å². The first-order chi connectivity index (χ1) is 11.2. The summed E-state index contributed by atoms with van der Waals surface area (Å²) in [7, 11) is 0. The van der Waals surface area contributed by atoms with Gasteiger partial charge in [-0.2, -0.15) is 5.10 Å². The monoisotopic (exact) mass is 303 g/mol. The lowest BCUT2D eigenvalue weighted by molar-refractivity contribution is -0.118. The summed E-state index contributed by atoms with van der Waals surface area (Å²) < 4.78 is 0. The van der Waals surface area contributed by atoms with Gasteiger partial charge in [0.2, 0.25) is 5.91 Å². The predicted octanol–water partition coefficient (Wildman–Crippen LogP) is 2.75. The van der Waals surface area contributed by atoms with Crippen LogP contribution in [0.2, 0.25) is 0 Å². The summed E-state index contributed by atoms with van der Waals surface area (Å²) in [5.74, 6) is 0.242. The number of benzene rings is 2. The van der Waals surface area contributed by atoms with Crippen LogP contribution in [0.15, 0.2) is 42.5 Å². The summed E-state index contributed by atoms with van der Waals surface area (Å²) in [5.41, 5.74) is 3.91. The Labute approximate surface area is 131 Å². The average molecular weight is 303 g/mol. The SMILES string of the molecule is O=Cc1[nH]nc2cc(C3CC34C(=O)Nc3ccccc34)ccc12. The molecule has 2 aliphatic rings. The van der Waals surface area contributed by atoms with E-state index in [2.05, 4.69) is 15.5 Å². The van der Waals surface area contributed by atoms with E-state index < -0.39 is 5.41 Å². The number of aldehydes is 1. The lowest BCUT2D eigenvalue weighted by Crippen LogP contribution is -2.20. The minimum atomic E-state index is -0.436. The molecule has 2 heterocycles. The van der Waals surface area contributed by atoms with Crippen LogP contribution in [0.1, 0.15) is 34.0 Å². The van der Waals surface area contributed by atoms with Gasteiger partial charge in [0.15, 0.2) is 6.29 Å². The number of nitrogens with one attached hydrogen (secondary N) is 2. The first kappa shape index (κ1) is 12.6. The third kappa shape index (κ3) is 1.49. The lowest BCUT2D eigenvalue weighted by Gasteiger charge is -2.08. The second kappa shape index (κ2) is 4.07. The van der Waals surface area contributed by atoms with Gasteiger partial charge in [0.05, 0.1) is 10.9 Å². The molecule has 1 aromatic heterocycles. The van der Waals surface area contributed by atoms with Crippen molar-refractivity contribution in [2.75, 3.05) is 5.32 Å². The normalized spacial score (nSPS) is 24.7. The van der Waals surface area contributed by atoms with Gasteiger partial charge in [0.25, 0.3) is 0 Å². The Hall–Kier alpha value is -2.95. The topological polar surface area (TPSA) is 74.8 Å². The molecular formula is C18H13N3O2. The molecule has 0 saturated heterocycles. The lowest BCUT2D eigenvalue weighted by atomic mass is 9.92. The van der Waals surface area contributed by atoms with Gasteiger partial charge in [0, 0.05) is 17.0 Å². The standard InChI is InChI=1S/C18H13N3O2/c22-9-16-11-6-5-10(7-15(11)20-21-16)13-8-18(13)12-3-1-2-4-14(12)19-17(18)23/h1-7,9,13H,8H2,(H,19,23)(H,20,21). The molecule has 2 N–H and O–H groups in total. The summed E-state index contributed by atoms with van der Waals surface area (Å²) in [5, 5.41) is 10.7. The molecule has 0 bridgehead atoms. The predicted molar refractivity (Wildman–Crippen MR) is 85.6 cm³/mol. The highest BCUT2D eigenvalue weighted by atomic mass is 16.2. The van der Waals surface area contributed by atoms with Crippen LogP contribution in [-0.2, 0) is 10.2 Å². The Morgan fingerprint density at radius 2 is 2.09 bits per heavy atom. The second-order valence-corrected chi connectivity index (χ2v) is 6.26. The molecular weight excluding hydrogens is 290 g/mol. The van der Waals surface area contributed by atoms with Crippen molar-refractivity contribution in [1.29, 1.82) is 0 Å². The van der Waals surface area contributed by atoms with Crippen molar-refractivity contribution in [2.24, 2.45) is 0 Å². The average Bonchev–Trinajstić information content (AvgIpc) is 3.10. The maximum absolute atomic E-state index is 12.5. The highest BCUT2D eigenvalue weighted by molar-refractivity contribution is 6.10. The molecule has 1 amide bonds. The number of hydrogen-bond donors (Lipinski definition) is 2. The summed E-state index contributed by atoms with van der Waals surface area (Å²) in [4.78, 5) is 23.5. The van der Waals surface area contributed by atoms with Crippen molar-refractivity contribution in [3.63, 3.8) is 0 Å². The molecule has 5 rings (SSSR count). The maximum Gasteiger partial charge on any atom is 0.235 e. The molecule has 23 heavy (non-hydrogen) atoms. The van der Waals surface area contributed by atoms with Gasteiger partial charge < -0.3 is 5.32 Å². The fraction of sp³-hybridized carbons (Fsp3) is 0.167. The van der Waals surface area contributed by atoms with E-state index in [1.54, 1.807) is 0 Å². The van der Waals surface area contributed by atoms with Crippen LogP contribution in [-0.4, -0.2) is 22.4 Å². The zero-order valence-electron chi connectivity index (χ0n) is 12.2. The fourth-order valence-electron chi connectivity index (χ4n) is 3.91. The van der Waals surface area contributed by atoms with Crippen molar-refractivity contribution in [1.82, 2.24) is 10.2 Å². The van der Waals surface area contributed by atoms with Gasteiger partial charge in [-0.05, 0) is 29.7 Å². The third-order valence-electron chi connectivity index (χ3n) is 5.15. The summed E-state index contributed by atoms with van der Waals surface area (Å²) in [6.07, 6.45) is 1.58. The quantitative estimate of drug-likeness (QED) is 0.715. The van der Waals surface area contributed by atoms with Crippen LogP contribution in [0.25, 0.3) is 10.9 Å². The minimum Gasteiger partial charge on any atom is -0.325 e. The Bertz CT molecular complexity index is 991. The summed E-state index contributed by atoms with van der Waals surface area (Å²) >= 11 is 0. The van der Waals surface area contributed by atoms with Crippen molar-refractivity contribution in [2.45, 2.75) is 17.8 Å². The number of hydrogen-bond acceptors (Lipinski definition) is 3. The largest absolute Gasteiger partial charge is 0.325 e. The Balaban J connectivity index is 1.60. The number of carbonyl (C=O) groups is 2. The number of fused-ring (bicyclic) bond motifs is 3. The van der Waals surface area contributed by atoms with E-state index in [4.69, 9.17) is 0 Å². The van der Waals surface area contributed by atoms with Crippen molar-refractivity contribution < 1.29 is 9.59 Å². The number of aromatic nitrogens is 2. The molecule has 5 heteroatoms. The molecule has 112 valence electrons. The number of aromatic amines is 1. The number of carbonyl (C=O) groups excluding carboxylic acids is 2. The number of rotatable bonds is 2. The van der Waals surface area contributed by atoms with Gasteiger partial charge in [-0.15, -0.1) is 0 Å². The second-order valence-electron chi connectivity index (χ2n) is 6.26. The summed E-state index contributed by atoms with van der Waals surface area (Å²) in [6, 6.07) is 13.8. The Morgan fingerprint density at radius 1 is 1.22 bits per heavy atom. The van der Waals surface area contributed by atoms with E-state index >= 15 is 0 Å². The van der Waals surface area contributed by atoms with Gasteiger partial charge in [-0.3, -0.25) is 14.7 Å². The number of anilines is 1. The van der Waals surface area contributed by atoms with E-state index in [1.807, 2.05) is 42.5 Å². The van der Waals surface area contributed by atoms with E-state index in [1.165, 1.54) is 0 Å². The zero-order chi connectivity index (χ0) is 15.6. The van der Waals surface area contributed by atoms with Gasteiger partial charge in [-0.25, -0.2) is 0 Å². The summed E-state index contributed by atoms with van der Waals surface area (Å²) in [6.45, 7) is 0. The molecule has 0 radical (unpaired) electrons. The van der Waals surface area contributed by atoms with Crippen LogP contribution in [0.3, 0.4) is 0 Å². The highest BCUT2D eigenvalue weighted by Crippen LogP contribution is 2.64. The van der Waals surface area contributed by atoms with Gasteiger partial charge in [0.1, 0.15) is 5.69 Å². The van der Waals surface area contributed by atoms with Crippen molar-refractivity contribution >= 4 is 28.8 Å². The fourth-order valence-corrected chi connectivity index (χ4v) is 3.91. The van der Waals surface area contributed by atoms with Crippen LogP contribution >= 0.6 is 0 Å². The molecule has 1 aliphatic carbocycles. The van der Waals surface area contributed by atoms with Crippen LogP contribution < -0.4 is 5.32 Å². The highest BCUT2D eigenvalue weighted by Gasteiger charge is 2.65. The zero-order valence-corrected chi connectivity index (χ0v) is 12.2. The number of para-hydroxylation sites is 1. The molecule has 2 atom stereocenters. The third-order valence-corrected chi connectivity index (χ3v) is 5.15. The maximum atomic E-state index is 12.5. The molecule has 1 spiro atoms. The molecule has 1 fully saturated rings. The Kier molecular flexibility index (Phi) is 2.23. The van der Waals surface area contributed by atoms with Crippen LogP contribution in [0.5, 0.6) is 0 Å². The molecule has 1 aliphatic heterocycles. The van der Waals surface area contributed by atoms with Crippen LogP contribution in [0, 0.1) is 0 Å². The molecule has 2 aromatic carbocycles. The van der Waals surface area contributed by atoms with E-state index in [0.717, 1.165) is 40.4 Å². The van der Waals surface area contributed by atoms with Crippen molar-refractivity contribution in [3.8, 4) is 0 Å². The molecule has 2 unspecified atom stereocenters. The first-order valence-electron chi connectivity index (χ1n) is 7.58. The minimum absolute atomic E-state index is 0.0828. The first-order valence-corrected chi connectivity index (χ1v) is 7.58. The smallest absolute Gasteiger partial charge is 0.235 e. The van der Waals surface area contributed by atoms with Crippen molar-refractivity contribution in [3.05, 3.63) is 59.3 Å². The van der Waals surface area contributed by atoms with Gasteiger partial charge >= 0.3 is 0 Å². The molecule has 1 saturated carbocycles. The van der Waals surface area contributed by atoms with Crippen LogP contribution in [0.4, 0.5) is 5.69 Å². The number of H-pyrrole nitrogens is 1. The molecule has 5 nitrogen and oxygen atoms in total. The van der Waals surface area contributed by atoms with E-state index in [-0.39, 0.29) is 11.8 Å². The number of amides is 1. The van der Waals surface area contributed by atoms with Gasteiger partial charge in [-0.1, -0.05) is 30.3 Å². The van der Waals surface area contributed by atoms with E-state index in [9.17, 15) is 9.59 Å². The Morgan fingerprint density at radius 3 is 2.96 bits per heavy atom.